The van der Waals surface area contributed by atoms with Gasteiger partial charge in [0.1, 0.15) is 40.3 Å². The molecule has 4 amide bonds. The minimum absolute atomic E-state index is 0. The molecule has 18 nitrogen and oxygen atoms in total. The van der Waals surface area contributed by atoms with Crippen LogP contribution in [-0.4, -0.2) is 108 Å². The summed E-state index contributed by atoms with van der Waals surface area (Å²) in [7, 11) is 2.54. The second kappa shape index (κ2) is 24.2. The maximum Gasteiger partial charge on any atom is 0.407 e. The Bertz CT molecular complexity index is 3170. The highest BCUT2D eigenvalue weighted by molar-refractivity contribution is 7.59. The molecular weight excluding hydrogens is 1060 g/mol. The summed E-state index contributed by atoms with van der Waals surface area (Å²) in [5.41, 5.74) is 5.20. The summed E-state index contributed by atoms with van der Waals surface area (Å²) in [6, 6.07) is 12.8. The Balaban J connectivity index is 0.00000229. The first-order valence-corrected chi connectivity index (χ1v) is 24.6. The summed E-state index contributed by atoms with van der Waals surface area (Å²) in [5.74, 6) is 0.249. The number of carbonyl (C=O) groups excluding carboxylic acids is 4. The summed E-state index contributed by atoms with van der Waals surface area (Å²) in [4.78, 5) is 81.6. The van der Waals surface area contributed by atoms with E-state index in [-0.39, 0.29) is 89.7 Å². The number of thiazole rings is 1. The number of carbonyl (C=O) groups is 4. The number of aromatic amines is 2. The highest BCUT2D eigenvalue weighted by Crippen LogP contribution is 2.49. The zero-order valence-electron chi connectivity index (χ0n) is 42.1. The minimum Gasteiger partial charge on any atom is -0.464 e. The van der Waals surface area contributed by atoms with Crippen molar-refractivity contribution >= 4 is 100 Å². The van der Waals surface area contributed by atoms with E-state index >= 15 is 4.39 Å². The number of hydrogen-bond acceptors (Lipinski definition) is 12. The van der Waals surface area contributed by atoms with Crippen molar-refractivity contribution in [1.82, 2.24) is 54.9 Å². The lowest BCUT2D eigenvalue weighted by molar-refractivity contribution is -0.136. The van der Waals surface area contributed by atoms with Gasteiger partial charge in [0, 0.05) is 53.8 Å². The van der Waals surface area contributed by atoms with E-state index in [9.17, 15) is 19.2 Å². The summed E-state index contributed by atoms with van der Waals surface area (Å²) in [6.07, 6.45) is 9.48. The van der Waals surface area contributed by atoms with Gasteiger partial charge in [-0.3, -0.25) is 19.1 Å². The Labute approximate surface area is 465 Å². The fourth-order valence-electron chi connectivity index (χ4n) is 10.0. The van der Waals surface area contributed by atoms with Gasteiger partial charge in [-0.15, -0.1) is 11.3 Å². The smallest absolute Gasteiger partial charge is 0.407 e. The number of methoxy groups -OCH3 is 2. The molecule has 2 aromatic carbocycles. The van der Waals surface area contributed by atoms with Gasteiger partial charge in [-0.1, -0.05) is 33.8 Å². The largest absolute Gasteiger partial charge is 0.464 e. The van der Waals surface area contributed by atoms with Crippen LogP contribution in [0.3, 0.4) is 0 Å². The molecule has 0 radical (unpaired) electrons. The standard InChI is InChI=1S/C51H54FN11O7S.4H2S/c1-26(2)42(59-50(66)68-5)47(64)61-16-8-11-36(61)44-54-23-33(57-44)28-13-14-35-31(18-28)20-38-41-32(52)19-30(21-39(41)70-49(63(35)38)40-25-56-46(71-40)29-10-7-15-53-22-29)34-24-55-45(58-34)37-12-9-17-62(37)48(65)43(27(3)4)60-51(67)69-6;;;;/h7,10,13-15,18-27,36-37,42-43,49H,8-9,11-12,16-17H2,1-6H3,(H,54,57)(H,55,58)(H,59,66)(H,60,67);4*1H2/t36-,37-,42-,43-,49?;;;;/m0..../s1. The van der Waals surface area contributed by atoms with Crippen LogP contribution in [0.15, 0.2) is 79.5 Å². The number of rotatable bonds is 12. The molecule has 0 saturated carbocycles. The molecule has 3 aliphatic rings. The topological polar surface area (TPSA) is 215 Å². The van der Waals surface area contributed by atoms with Crippen molar-refractivity contribution in [2.24, 2.45) is 11.8 Å². The maximum atomic E-state index is 17.0. The van der Waals surface area contributed by atoms with Crippen LogP contribution in [0.5, 0.6) is 5.75 Å². The minimum atomic E-state index is -0.786. The first-order valence-electron chi connectivity index (χ1n) is 23.7. The maximum absolute atomic E-state index is 17.0. The number of aromatic nitrogens is 7. The van der Waals surface area contributed by atoms with Gasteiger partial charge in [0.25, 0.3) is 0 Å². The zero-order chi connectivity index (χ0) is 49.7. The predicted molar refractivity (Wildman–Crippen MR) is 304 cm³/mol. The number of hydrogen-bond donors (Lipinski definition) is 4. The number of nitrogens with zero attached hydrogens (tertiary/aromatic N) is 7. The SMILES string of the molecule is COC(=O)N[C@H](C(=O)N1CCC[C@H]1c1ncc(-c2cc(F)c3c(c2)OC(c2cnc(-c4cccnc4)s2)n2c-3cc3cc(-c4cnc([C@@H]5CCCN5C(=O)[C@@H](NC(=O)OC)C(C)C)[nH]4)ccc32)[nH]1)C(C)C.S.S.S.S. The van der Waals surface area contributed by atoms with E-state index in [2.05, 4.69) is 25.6 Å². The Morgan fingerprint density at radius 1 is 0.733 bits per heavy atom. The number of ether oxygens (including phenoxy) is 3. The number of pyridine rings is 1. The van der Waals surface area contributed by atoms with Crippen LogP contribution in [0, 0.1) is 17.7 Å². The first-order chi connectivity index (χ1) is 34.3. The lowest BCUT2D eigenvalue weighted by Crippen LogP contribution is -2.51. The molecule has 2 fully saturated rings. The summed E-state index contributed by atoms with van der Waals surface area (Å²) < 4.78 is 35.5. The third-order valence-electron chi connectivity index (χ3n) is 13.6. The molecular formula is C51H62FN11O7S5. The molecule has 7 aromatic rings. The van der Waals surface area contributed by atoms with Crippen LogP contribution in [0.25, 0.3) is 55.2 Å². The molecule has 400 valence electrons. The predicted octanol–water partition coefficient (Wildman–Crippen LogP) is 9.22. The van der Waals surface area contributed by atoms with E-state index in [1.54, 1.807) is 40.8 Å². The molecule has 0 bridgehead atoms. The average Bonchev–Trinajstić information content (AvgIpc) is 4.24. The number of halogens is 1. The molecule has 10 rings (SSSR count). The molecule has 8 heterocycles. The number of amides is 4. The third kappa shape index (κ3) is 11.2. The normalized spacial score (nSPS) is 17.3. The Morgan fingerprint density at radius 3 is 1.87 bits per heavy atom. The van der Waals surface area contributed by atoms with Gasteiger partial charge in [0.15, 0.2) is 0 Å². The van der Waals surface area contributed by atoms with E-state index in [1.165, 1.54) is 31.6 Å². The molecule has 0 spiro atoms. The van der Waals surface area contributed by atoms with Gasteiger partial charge in [-0.05, 0) is 80.0 Å². The number of alkyl carbamates (subject to hydrolysis) is 2. The molecule has 75 heavy (non-hydrogen) atoms. The van der Waals surface area contributed by atoms with Crippen LogP contribution in [0.2, 0.25) is 0 Å². The second-order valence-electron chi connectivity index (χ2n) is 18.7. The van der Waals surface area contributed by atoms with Crippen molar-refractivity contribution in [2.45, 2.75) is 83.8 Å². The van der Waals surface area contributed by atoms with Crippen molar-refractivity contribution < 1.29 is 37.8 Å². The van der Waals surface area contributed by atoms with E-state index in [4.69, 9.17) is 29.2 Å². The van der Waals surface area contributed by atoms with Gasteiger partial charge < -0.3 is 44.6 Å². The van der Waals surface area contributed by atoms with Crippen LogP contribution >= 0.6 is 65.3 Å². The van der Waals surface area contributed by atoms with E-state index in [0.717, 1.165) is 50.5 Å². The van der Waals surface area contributed by atoms with Crippen molar-refractivity contribution in [3.05, 3.63) is 102 Å². The number of benzene rings is 2. The summed E-state index contributed by atoms with van der Waals surface area (Å²) in [6.45, 7) is 8.51. The van der Waals surface area contributed by atoms with E-state index in [1.807, 2.05) is 74.7 Å². The summed E-state index contributed by atoms with van der Waals surface area (Å²) in [5, 5.41) is 6.97. The fourth-order valence-corrected chi connectivity index (χ4v) is 10.9. The van der Waals surface area contributed by atoms with E-state index in [0.29, 0.717) is 65.8 Å². The second-order valence-corrected chi connectivity index (χ2v) is 19.8. The van der Waals surface area contributed by atoms with Crippen molar-refractivity contribution in [3.8, 4) is 50.1 Å². The number of nitrogens with one attached hydrogen (secondary N) is 4. The van der Waals surface area contributed by atoms with E-state index < -0.39 is 36.3 Å². The molecule has 5 aromatic heterocycles. The average molecular weight is 1120 g/mol. The Morgan fingerprint density at radius 2 is 1.32 bits per heavy atom. The van der Waals surface area contributed by atoms with Gasteiger partial charge >= 0.3 is 12.2 Å². The Kier molecular flexibility index (Phi) is 18.7. The highest BCUT2D eigenvalue weighted by atomic mass is 32.1. The number of fused-ring (bicyclic) bond motifs is 5. The molecule has 24 heteroatoms. The third-order valence-corrected chi connectivity index (χ3v) is 14.7. The fraction of sp³-hybridized carbons (Fsp3) is 0.373. The molecule has 2 saturated heterocycles. The zero-order valence-corrected chi connectivity index (χ0v) is 46.9. The number of H-pyrrole nitrogens is 2. The van der Waals surface area contributed by atoms with Gasteiger partial charge in [-0.25, -0.2) is 28.9 Å². The first kappa shape index (κ1) is 58.1. The number of imidazole rings is 2. The molecule has 0 aliphatic carbocycles. The monoisotopic (exact) mass is 1120 g/mol. The lowest BCUT2D eigenvalue weighted by atomic mass is 10.0. The Hall–Kier alpha value is -6.21. The molecule has 5 atom stereocenters. The van der Waals surface area contributed by atoms with Crippen LogP contribution < -0.4 is 15.4 Å². The quantitative estimate of drug-likeness (QED) is 0.0905. The number of likely N-dealkylation sites (tertiary alicyclic amines) is 2. The molecule has 3 aliphatic heterocycles. The van der Waals surface area contributed by atoms with Crippen molar-refractivity contribution in [1.29, 1.82) is 0 Å². The molecule has 1 unspecified atom stereocenters. The van der Waals surface area contributed by atoms with Crippen LogP contribution in [0.1, 0.15) is 88.2 Å². The summed E-state index contributed by atoms with van der Waals surface area (Å²) >= 11 is 1.46. The lowest BCUT2D eigenvalue weighted by Gasteiger charge is -2.30. The van der Waals surface area contributed by atoms with Gasteiger partial charge in [0.05, 0.1) is 71.7 Å². The van der Waals surface area contributed by atoms with Crippen LogP contribution in [-0.2, 0) is 19.1 Å². The molecule has 4 N–H and O–H groups in total. The van der Waals surface area contributed by atoms with Gasteiger partial charge in [0.2, 0.25) is 18.0 Å². The highest BCUT2D eigenvalue weighted by Gasteiger charge is 2.40. The van der Waals surface area contributed by atoms with Crippen molar-refractivity contribution in [2.75, 3.05) is 27.3 Å². The van der Waals surface area contributed by atoms with Crippen molar-refractivity contribution in [3.63, 3.8) is 0 Å². The van der Waals surface area contributed by atoms with Crippen LogP contribution in [0.4, 0.5) is 14.0 Å². The van der Waals surface area contributed by atoms with Gasteiger partial charge in [-0.2, -0.15) is 54.0 Å².